The molecule has 5 nitrogen and oxygen atoms in total. The summed E-state index contributed by atoms with van der Waals surface area (Å²) in [4.78, 5) is 4.17. The number of aromatic hydroxyl groups is 2. The van der Waals surface area contributed by atoms with Gasteiger partial charge in [0.2, 0.25) is 5.13 Å². The number of benzene rings is 2. The lowest BCUT2D eigenvalue weighted by Gasteiger charge is -2.17. The van der Waals surface area contributed by atoms with Crippen LogP contribution in [0.15, 0.2) is 47.6 Å². The second kappa shape index (κ2) is 6.60. The second-order valence-electron chi connectivity index (χ2n) is 5.12. The van der Waals surface area contributed by atoms with Crippen molar-refractivity contribution in [2.24, 2.45) is 5.10 Å². The molecule has 0 aliphatic carbocycles. The van der Waals surface area contributed by atoms with Gasteiger partial charge in [0.05, 0.1) is 16.4 Å². The molecule has 3 rings (SSSR count). The van der Waals surface area contributed by atoms with Gasteiger partial charge in [0.15, 0.2) is 0 Å². The maximum absolute atomic E-state index is 12.9. The minimum Gasteiger partial charge on any atom is -0.508 e. The molecule has 2 N–H and O–H groups in total. The van der Waals surface area contributed by atoms with Crippen molar-refractivity contribution in [2.75, 3.05) is 11.6 Å². The summed E-state index contributed by atoms with van der Waals surface area (Å²) in [7, 11) is 0. The van der Waals surface area contributed by atoms with Crippen molar-refractivity contribution >= 4 is 32.9 Å². The molecule has 1 heterocycles. The highest BCUT2D eigenvalue weighted by Gasteiger charge is 2.32. The number of thiazole rings is 1. The van der Waals surface area contributed by atoms with Crippen LogP contribution in [0.3, 0.4) is 0 Å². The third-order valence-corrected chi connectivity index (χ3v) is 4.23. The van der Waals surface area contributed by atoms with E-state index in [2.05, 4.69) is 10.1 Å². The fraction of sp³-hybridized carbons (Fsp3) is 0.125. The van der Waals surface area contributed by atoms with Crippen LogP contribution >= 0.6 is 11.3 Å². The molecule has 0 radical (unpaired) electrons. The fourth-order valence-electron chi connectivity index (χ4n) is 2.08. The number of nitrogens with zero attached hydrogens (tertiary/aromatic N) is 3. The van der Waals surface area contributed by atoms with Gasteiger partial charge in [-0.15, -0.1) is 0 Å². The van der Waals surface area contributed by atoms with Crippen LogP contribution in [0.4, 0.5) is 18.3 Å². The Morgan fingerprint density at radius 1 is 1.16 bits per heavy atom. The molecule has 0 amide bonds. The van der Waals surface area contributed by atoms with Crippen LogP contribution in [0.2, 0.25) is 0 Å². The van der Waals surface area contributed by atoms with E-state index in [0.717, 1.165) is 22.3 Å². The lowest BCUT2D eigenvalue weighted by atomic mass is 10.2. The summed E-state index contributed by atoms with van der Waals surface area (Å²) >= 11 is 1.08. The highest BCUT2D eigenvalue weighted by molar-refractivity contribution is 7.22. The quantitative estimate of drug-likeness (QED) is 0.414. The number of aromatic nitrogens is 1. The number of fused-ring (bicyclic) bond motifs is 1. The number of halogens is 3. The van der Waals surface area contributed by atoms with Gasteiger partial charge in [-0.3, -0.25) is 0 Å². The maximum atomic E-state index is 12.9. The Kier molecular flexibility index (Phi) is 4.49. The largest absolute Gasteiger partial charge is 0.508 e. The number of rotatable bonds is 4. The van der Waals surface area contributed by atoms with Crippen LogP contribution < -0.4 is 5.01 Å². The van der Waals surface area contributed by atoms with Crippen molar-refractivity contribution in [3.8, 4) is 11.5 Å². The zero-order valence-electron chi connectivity index (χ0n) is 12.6. The van der Waals surface area contributed by atoms with Gasteiger partial charge in [-0.25, -0.2) is 9.99 Å². The molecule has 0 spiro atoms. The number of hydrogen-bond donors (Lipinski definition) is 2. The predicted octanol–water partition coefficient (Wildman–Crippen LogP) is 4.11. The van der Waals surface area contributed by atoms with Gasteiger partial charge in [-0.1, -0.05) is 23.5 Å². The SMILES string of the molecule is Oc1ccc(O)c(/C=N/N(CC(F)(F)F)c2nc3ccccc3s2)c1. The van der Waals surface area contributed by atoms with Crippen LogP contribution in [0.1, 0.15) is 5.56 Å². The first kappa shape index (κ1) is 17.0. The van der Waals surface area contributed by atoms with E-state index in [-0.39, 0.29) is 22.2 Å². The molecular weight excluding hydrogens is 355 g/mol. The van der Waals surface area contributed by atoms with Gasteiger partial charge >= 0.3 is 6.18 Å². The fourth-order valence-corrected chi connectivity index (χ4v) is 3.00. The van der Waals surface area contributed by atoms with E-state index in [1.54, 1.807) is 24.3 Å². The second-order valence-corrected chi connectivity index (χ2v) is 6.13. The van der Waals surface area contributed by atoms with Crippen LogP contribution in [0.25, 0.3) is 10.2 Å². The summed E-state index contributed by atoms with van der Waals surface area (Å²) in [6.07, 6.45) is -3.44. The van der Waals surface area contributed by atoms with E-state index in [0.29, 0.717) is 10.5 Å². The number of phenolic OH excluding ortho intramolecular Hbond substituents is 2. The van der Waals surface area contributed by atoms with E-state index in [4.69, 9.17) is 0 Å². The van der Waals surface area contributed by atoms with Crippen molar-refractivity contribution < 1.29 is 23.4 Å². The number of hydrogen-bond acceptors (Lipinski definition) is 6. The number of hydrazone groups is 1. The smallest absolute Gasteiger partial charge is 0.408 e. The molecule has 0 saturated heterocycles. The Balaban J connectivity index is 1.97. The van der Waals surface area contributed by atoms with E-state index in [9.17, 15) is 23.4 Å². The molecule has 0 atom stereocenters. The van der Waals surface area contributed by atoms with Gasteiger partial charge in [-0.05, 0) is 30.3 Å². The molecule has 130 valence electrons. The molecule has 0 aliphatic rings. The van der Waals surface area contributed by atoms with Crippen LogP contribution in [-0.4, -0.2) is 34.1 Å². The van der Waals surface area contributed by atoms with Gasteiger partial charge in [-0.2, -0.15) is 18.3 Å². The number of para-hydroxylation sites is 1. The average Bonchev–Trinajstić information content (AvgIpc) is 2.97. The summed E-state index contributed by atoms with van der Waals surface area (Å²) < 4.78 is 39.4. The first-order chi connectivity index (χ1) is 11.8. The summed E-state index contributed by atoms with van der Waals surface area (Å²) in [5.41, 5.74) is 0.665. The van der Waals surface area contributed by atoms with Crippen molar-refractivity contribution in [3.63, 3.8) is 0 Å². The van der Waals surface area contributed by atoms with Crippen molar-refractivity contribution in [2.45, 2.75) is 6.18 Å². The Hall–Kier alpha value is -2.81. The van der Waals surface area contributed by atoms with E-state index >= 15 is 0 Å². The molecule has 2 aromatic carbocycles. The van der Waals surface area contributed by atoms with Crippen molar-refractivity contribution in [1.29, 1.82) is 0 Å². The predicted molar refractivity (Wildman–Crippen MR) is 90.4 cm³/mol. The third-order valence-electron chi connectivity index (χ3n) is 3.18. The van der Waals surface area contributed by atoms with Crippen molar-refractivity contribution in [3.05, 3.63) is 48.0 Å². The average molecular weight is 367 g/mol. The molecule has 3 aromatic rings. The van der Waals surface area contributed by atoms with Crippen LogP contribution in [-0.2, 0) is 0 Å². The first-order valence-corrected chi connectivity index (χ1v) is 7.89. The minimum atomic E-state index is -4.49. The Morgan fingerprint density at radius 3 is 2.64 bits per heavy atom. The van der Waals surface area contributed by atoms with Gasteiger partial charge in [0, 0.05) is 5.56 Å². The molecule has 1 aromatic heterocycles. The monoisotopic (exact) mass is 367 g/mol. The van der Waals surface area contributed by atoms with E-state index in [1.165, 1.54) is 18.2 Å². The molecule has 0 fully saturated rings. The standard InChI is InChI=1S/C16H12F3N3O2S/c17-16(18,19)9-22(15-21-12-3-1-2-4-14(12)25-15)20-8-10-7-11(23)5-6-13(10)24/h1-8,23-24H,9H2/b20-8+. The summed E-state index contributed by atoms with van der Waals surface area (Å²) in [5, 5.41) is 23.7. The number of alkyl halides is 3. The van der Waals surface area contributed by atoms with Crippen LogP contribution in [0.5, 0.6) is 11.5 Å². The normalized spacial score (nSPS) is 12.1. The zero-order valence-corrected chi connectivity index (χ0v) is 13.4. The zero-order chi connectivity index (χ0) is 18.0. The lowest BCUT2D eigenvalue weighted by Crippen LogP contribution is -2.30. The Labute approximate surface area is 144 Å². The summed E-state index contributed by atoms with van der Waals surface area (Å²) in [6, 6.07) is 10.7. The molecule has 0 unspecified atom stereocenters. The summed E-state index contributed by atoms with van der Waals surface area (Å²) in [6.45, 7) is -1.33. The first-order valence-electron chi connectivity index (χ1n) is 7.08. The third kappa shape index (κ3) is 4.18. The highest BCUT2D eigenvalue weighted by Crippen LogP contribution is 2.31. The Bertz CT molecular complexity index is 891. The minimum absolute atomic E-state index is 0.0782. The lowest BCUT2D eigenvalue weighted by molar-refractivity contribution is -0.119. The highest BCUT2D eigenvalue weighted by atomic mass is 32.1. The number of phenols is 2. The molecule has 25 heavy (non-hydrogen) atoms. The molecule has 0 bridgehead atoms. The van der Waals surface area contributed by atoms with Gasteiger partial charge in [0.1, 0.15) is 18.0 Å². The molecule has 0 aliphatic heterocycles. The van der Waals surface area contributed by atoms with Gasteiger partial charge in [0.25, 0.3) is 0 Å². The van der Waals surface area contributed by atoms with Crippen molar-refractivity contribution in [1.82, 2.24) is 4.98 Å². The van der Waals surface area contributed by atoms with E-state index in [1.807, 2.05) is 0 Å². The van der Waals surface area contributed by atoms with Gasteiger partial charge < -0.3 is 10.2 Å². The maximum Gasteiger partial charge on any atom is 0.408 e. The summed E-state index contributed by atoms with van der Waals surface area (Å²) in [5.74, 6) is -0.348. The Morgan fingerprint density at radius 2 is 1.92 bits per heavy atom. The molecular formula is C16H12F3N3O2S. The topological polar surface area (TPSA) is 69.0 Å². The molecule has 0 saturated carbocycles. The van der Waals surface area contributed by atoms with E-state index < -0.39 is 12.7 Å². The molecule has 9 heteroatoms. The van der Waals surface area contributed by atoms with Crippen LogP contribution in [0, 0.1) is 0 Å². The number of anilines is 1.